The number of hydrogen-bond acceptors (Lipinski definition) is 16. The average molecular weight is 656 g/mol. The second kappa shape index (κ2) is 17.9. The standard InChI is InChI=1S/2C10H8N8.2CNS.Co/c2*11-18-9(7-5-12-1-3-14-7)16-17-10(18)8-6-13-2-4-15-8;2*2-1-3;/h2*1-6H,11H2;;;/q;;2*-1;+2. The Bertz CT molecular complexity index is 1490. The van der Waals surface area contributed by atoms with Gasteiger partial charge < -0.3 is 22.5 Å². The molecule has 0 aliphatic heterocycles. The molecule has 0 saturated heterocycles. The molecule has 0 spiro atoms. The fourth-order valence-corrected chi connectivity index (χ4v) is 2.94. The van der Waals surface area contributed by atoms with Crippen molar-refractivity contribution < 1.29 is 16.8 Å². The molecule has 0 aromatic carbocycles. The molecule has 6 rings (SSSR count). The molecule has 4 N–H and O–H groups in total. The predicted molar refractivity (Wildman–Crippen MR) is 156 cm³/mol. The first-order valence-corrected chi connectivity index (χ1v) is 11.9. The molecule has 0 unspecified atom stereocenters. The maximum absolute atomic E-state index is 7.13. The van der Waals surface area contributed by atoms with Crippen molar-refractivity contribution in [1.29, 1.82) is 0 Å². The molecule has 18 nitrogen and oxygen atoms in total. The summed E-state index contributed by atoms with van der Waals surface area (Å²) >= 11 is 7.40. The van der Waals surface area contributed by atoms with Crippen LogP contribution in [-0.2, 0) is 16.8 Å². The number of hydrogen-bond donors (Lipinski definition) is 2. The molecule has 43 heavy (non-hydrogen) atoms. The number of rotatable bonds is 4. The van der Waals surface area contributed by atoms with Gasteiger partial charge in [-0.05, 0) is 0 Å². The van der Waals surface area contributed by atoms with Crippen molar-refractivity contribution in [1.82, 2.24) is 69.6 Å². The van der Waals surface area contributed by atoms with Crippen LogP contribution in [0.15, 0.2) is 74.4 Å². The van der Waals surface area contributed by atoms with Crippen LogP contribution in [0.1, 0.15) is 0 Å². The quantitative estimate of drug-likeness (QED) is 0.153. The van der Waals surface area contributed by atoms with Crippen molar-refractivity contribution in [3.05, 3.63) is 85.2 Å². The van der Waals surface area contributed by atoms with Crippen molar-refractivity contribution in [3.63, 3.8) is 0 Å². The smallest absolute Gasteiger partial charge is 0.753 e. The van der Waals surface area contributed by atoms with Gasteiger partial charge in [0.25, 0.3) is 0 Å². The molecule has 6 aromatic rings. The molecule has 6 heterocycles. The average Bonchev–Trinajstić information content (AvgIpc) is 3.62. The van der Waals surface area contributed by atoms with Gasteiger partial charge in [0.2, 0.25) is 23.3 Å². The molecule has 6 aromatic heterocycles. The molecule has 215 valence electrons. The molecule has 0 bridgehead atoms. The molecular formula is C22H16CoN18S2. The monoisotopic (exact) mass is 655 g/mol. The van der Waals surface area contributed by atoms with E-state index in [1.54, 1.807) is 74.4 Å². The van der Waals surface area contributed by atoms with E-state index in [0.717, 1.165) is 0 Å². The van der Waals surface area contributed by atoms with Crippen molar-refractivity contribution in [2.24, 2.45) is 0 Å². The van der Waals surface area contributed by atoms with Gasteiger partial charge in [0, 0.05) is 49.6 Å². The Labute approximate surface area is 263 Å². The maximum Gasteiger partial charge on any atom is 2.00 e. The van der Waals surface area contributed by atoms with Crippen LogP contribution in [0.2, 0.25) is 0 Å². The first-order chi connectivity index (χ1) is 20.5. The predicted octanol–water partition coefficient (Wildman–Crippen LogP) is 1.13. The topological polar surface area (TPSA) is 261 Å². The van der Waals surface area contributed by atoms with Crippen LogP contribution in [0.5, 0.6) is 0 Å². The van der Waals surface area contributed by atoms with Gasteiger partial charge in [0.15, 0.2) is 0 Å². The van der Waals surface area contributed by atoms with E-state index < -0.39 is 0 Å². The summed E-state index contributed by atoms with van der Waals surface area (Å²) in [6, 6.07) is 0. The molecule has 21 heteroatoms. The number of nitrogen functional groups attached to an aromatic ring is 2. The maximum atomic E-state index is 7.13. The fourth-order valence-electron chi connectivity index (χ4n) is 2.94. The summed E-state index contributed by atoms with van der Waals surface area (Å²) in [6.45, 7) is 0. The van der Waals surface area contributed by atoms with Crippen LogP contribution in [-0.4, -0.2) is 79.9 Å². The van der Waals surface area contributed by atoms with Crippen molar-refractivity contribution in [2.45, 2.75) is 0 Å². The van der Waals surface area contributed by atoms with Crippen molar-refractivity contribution in [3.8, 4) is 46.1 Å². The van der Waals surface area contributed by atoms with E-state index in [0.29, 0.717) is 46.1 Å². The van der Waals surface area contributed by atoms with E-state index in [9.17, 15) is 0 Å². The zero-order valence-corrected chi connectivity index (χ0v) is 24.1. The number of aromatic nitrogens is 14. The summed E-state index contributed by atoms with van der Waals surface area (Å²) in [7, 11) is 0. The van der Waals surface area contributed by atoms with Crippen LogP contribution in [0.3, 0.4) is 0 Å². The zero-order valence-electron chi connectivity index (χ0n) is 21.4. The van der Waals surface area contributed by atoms with Crippen molar-refractivity contribution in [2.75, 3.05) is 11.7 Å². The van der Waals surface area contributed by atoms with E-state index in [2.05, 4.69) is 84.7 Å². The molecule has 1 radical (unpaired) electrons. The van der Waals surface area contributed by atoms with Gasteiger partial charge >= 0.3 is 16.8 Å². The Morgan fingerprint density at radius 3 is 0.860 bits per heavy atom. The summed E-state index contributed by atoms with van der Waals surface area (Å²) < 4.78 is 2.63. The van der Waals surface area contributed by atoms with Gasteiger partial charge in [0.1, 0.15) is 22.8 Å². The van der Waals surface area contributed by atoms with E-state index in [4.69, 9.17) is 22.5 Å². The Hall–Kier alpha value is -5.69. The molecule has 0 aliphatic rings. The Balaban J connectivity index is 0.000000249. The van der Waals surface area contributed by atoms with Gasteiger partial charge in [-0.3, -0.25) is 19.9 Å². The largest absolute Gasteiger partial charge is 2.00 e. The molecule has 0 amide bonds. The summed E-state index contributed by atoms with van der Waals surface area (Å²) in [5, 5.41) is 32.9. The molecule has 0 saturated carbocycles. The molecular weight excluding hydrogens is 639 g/mol. The number of nitrogens with two attached hydrogens (primary N) is 2. The minimum Gasteiger partial charge on any atom is -0.753 e. The summed E-state index contributed by atoms with van der Waals surface area (Å²) in [6.07, 6.45) is 18.8. The minimum absolute atomic E-state index is 0. The van der Waals surface area contributed by atoms with Gasteiger partial charge in [-0.15, -0.1) is 20.4 Å². The van der Waals surface area contributed by atoms with Gasteiger partial charge in [0.05, 0.1) is 24.8 Å². The Kier molecular flexibility index (Phi) is 13.9. The van der Waals surface area contributed by atoms with Crippen LogP contribution < -0.4 is 11.7 Å². The van der Waals surface area contributed by atoms with Crippen LogP contribution in [0.4, 0.5) is 0 Å². The fraction of sp³-hybridized carbons (Fsp3) is 0. The van der Waals surface area contributed by atoms with Crippen LogP contribution in [0, 0.1) is 0 Å². The first kappa shape index (κ1) is 33.5. The van der Waals surface area contributed by atoms with E-state index >= 15 is 0 Å². The molecule has 0 atom stereocenters. The van der Waals surface area contributed by atoms with Gasteiger partial charge in [-0.2, -0.15) is 10.3 Å². The number of isothiocyanates is 2. The Morgan fingerprint density at radius 2 is 0.698 bits per heavy atom. The Morgan fingerprint density at radius 1 is 0.488 bits per heavy atom. The summed E-state index contributed by atoms with van der Waals surface area (Å²) in [5.74, 6) is 13.5. The zero-order chi connectivity index (χ0) is 30.2. The number of thiocarbonyl (C=S) groups is 2. The summed E-state index contributed by atoms with van der Waals surface area (Å²) in [5.41, 5.74) is 2.18. The van der Waals surface area contributed by atoms with Crippen molar-refractivity contribution >= 4 is 34.8 Å². The van der Waals surface area contributed by atoms with E-state index in [1.807, 2.05) is 0 Å². The van der Waals surface area contributed by atoms with E-state index in [-0.39, 0.29) is 16.8 Å². The van der Waals surface area contributed by atoms with Gasteiger partial charge in [-0.25, -0.2) is 29.3 Å². The van der Waals surface area contributed by atoms with Crippen LogP contribution >= 0.6 is 24.4 Å². The van der Waals surface area contributed by atoms with Gasteiger partial charge in [-0.1, -0.05) is 24.4 Å². The normalized spacial score (nSPS) is 9.12. The third-order valence-corrected chi connectivity index (χ3v) is 4.56. The summed E-state index contributed by atoms with van der Waals surface area (Å²) in [4.78, 5) is 32.3. The minimum atomic E-state index is 0. The third-order valence-electron chi connectivity index (χ3n) is 4.56. The second-order valence-corrected chi connectivity index (χ2v) is 7.34. The molecule has 0 aliphatic carbocycles. The molecule has 0 fully saturated rings. The van der Waals surface area contributed by atoms with E-state index in [1.165, 1.54) is 19.7 Å². The third kappa shape index (κ3) is 9.16. The SMILES string of the molecule is Nn1c(-c2cnccn2)nnc1-c1cnccn1.Nn1c(-c2cnccn2)nnc1-c1cnccn1.[Co+2].[N-]=C=S.[N-]=C=S. The first-order valence-electron chi connectivity index (χ1n) is 11.0. The second-order valence-electron chi connectivity index (χ2n) is 6.98. The van der Waals surface area contributed by atoms with Crippen LogP contribution in [0.25, 0.3) is 56.9 Å². The number of nitrogens with zero attached hydrogens (tertiary/aromatic N) is 16.